The Balaban J connectivity index is 1.72. The van der Waals surface area contributed by atoms with Crippen molar-refractivity contribution in [3.63, 3.8) is 0 Å². The SMILES string of the molecule is c1ccc(N(c2ccccc2)c2ccccc2-c2cnc3ccccc3n2)cc1. The van der Waals surface area contributed by atoms with E-state index in [9.17, 15) is 0 Å². The van der Waals surface area contributed by atoms with Gasteiger partial charge in [0.25, 0.3) is 0 Å². The van der Waals surface area contributed by atoms with E-state index in [4.69, 9.17) is 4.98 Å². The summed E-state index contributed by atoms with van der Waals surface area (Å²) in [7, 11) is 0. The zero-order chi connectivity index (χ0) is 19.5. The highest BCUT2D eigenvalue weighted by Gasteiger charge is 2.17. The van der Waals surface area contributed by atoms with E-state index in [1.807, 2.05) is 48.7 Å². The molecule has 0 aliphatic heterocycles. The first-order valence-corrected chi connectivity index (χ1v) is 9.61. The minimum Gasteiger partial charge on any atom is -0.310 e. The lowest BCUT2D eigenvalue weighted by Gasteiger charge is -2.27. The van der Waals surface area contributed by atoms with Crippen LogP contribution < -0.4 is 4.90 Å². The molecule has 5 aromatic rings. The average Bonchev–Trinajstić information content (AvgIpc) is 2.81. The summed E-state index contributed by atoms with van der Waals surface area (Å²) >= 11 is 0. The van der Waals surface area contributed by atoms with Crippen molar-refractivity contribution in [2.75, 3.05) is 4.90 Å². The summed E-state index contributed by atoms with van der Waals surface area (Å²) < 4.78 is 0. The number of anilines is 3. The number of hydrogen-bond acceptors (Lipinski definition) is 3. The maximum Gasteiger partial charge on any atom is 0.0914 e. The van der Waals surface area contributed by atoms with Crippen LogP contribution in [0.25, 0.3) is 22.3 Å². The van der Waals surface area contributed by atoms with Crippen LogP contribution in [0.4, 0.5) is 17.1 Å². The van der Waals surface area contributed by atoms with E-state index in [1.165, 1.54) is 0 Å². The van der Waals surface area contributed by atoms with Crippen molar-refractivity contribution in [2.45, 2.75) is 0 Å². The number of aromatic nitrogens is 2. The van der Waals surface area contributed by atoms with Crippen molar-refractivity contribution in [1.82, 2.24) is 9.97 Å². The van der Waals surface area contributed by atoms with E-state index in [0.717, 1.165) is 39.4 Å². The molecular formula is C26H19N3. The predicted octanol–water partition coefficient (Wildman–Crippen LogP) is 6.77. The Kier molecular flexibility index (Phi) is 4.47. The van der Waals surface area contributed by atoms with Gasteiger partial charge in [0.1, 0.15) is 0 Å². The number of rotatable bonds is 4. The molecule has 4 aromatic carbocycles. The van der Waals surface area contributed by atoms with Gasteiger partial charge in [0.2, 0.25) is 0 Å². The normalized spacial score (nSPS) is 10.8. The fourth-order valence-corrected chi connectivity index (χ4v) is 3.55. The second-order valence-electron chi connectivity index (χ2n) is 6.77. The number of para-hydroxylation sites is 5. The standard InChI is InChI=1S/C26H19N3/c1-3-11-20(12-4-1)29(21-13-5-2-6-14-21)26-18-10-7-15-22(26)25-19-27-23-16-8-9-17-24(23)28-25/h1-19H. The molecule has 3 nitrogen and oxygen atoms in total. The molecular weight excluding hydrogens is 354 g/mol. The van der Waals surface area contributed by atoms with Gasteiger partial charge in [-0.1, -0.05) is 66.7 Å². The van der Waals surface area contributed by atoms with Crippen LogP contribution in [-0.4, -0.2) is 9.97 Å². The van der Waals surface area contributed by atoms with Gasteiger partial charge >= 0.3 is 0 Å². The molecule has 0 unspecified atom stereocenters. The van der Waals surface area contributed by atoms with Crippen molar-refractivity contribution in [3.05, 3.63) is 115 Å². The highest BCUT2D eigenvalue weighted by Crippen LogP contribution is 2.39. The van der Waals surface area contributed by atoms with Gasteiger partial charge in [0.15, 0.2) is 0 Å². The Bertz CT molecular complexity index is 1210. The van der Waals surface area contributed by atoms with Crippen LogP contribution in [0.15, 0.2) is 115 Å². The lowest BCUT2D eigenvalue weighted by Crippen LogP contribution is -2.11. The second-order valence-corrected chi connectivity index (χ2v) is 6.77. The van der Waals surface area contributed by atoms with Gasteiger partial charge in [-0.15, -0.1) is 0 Å². The third-order valence-corrected chi connectivity index (χ3v) is 4.90. The Hall–Kier alpha value is -3.98. The number of benzene rings is 4. The Labute approximate surface area is 169 Å². The minimum absolute atomic E-state index is 0.858. The smallest absolute Gasteiger partial charge is 0.0914 e. The zero-order valence-electron chi connectivity index (χ0n) is 15.8. The molecule has 0 aliphatic rings. The minimum atomic E-state index is 0.858. The first-order chi connectivity index (χ1) is 14.4. The highest BCUT2D eigenvalue weighted by atomic mass is 15.1. The first kappa shape index (κ1) is 17.1. The molecule has 0 fully saturated rings. The third kappa shape index (κ3) is 3.34. The second kappa shape index (κ2) is 7.56. The van der Waals surface area contributed by atoms with Crippen molar-refractivity contribution in [1.29, 1.82) is 0 Å². The molecule has 1 heterocycles. The summed E-state index contributed by atoms with van der Waals surface area (Å²) in [6, 6.07) is 37.1. The monoisotopic (exact) mass is 373 g/mol. The average molecular weight is 373 g/mol. The number of hydrogen-bond donors (Lipinski definition) is 0. The molecule has 0 N–H and O–H groups in total. The number of fused-ring (bicyclic) bond motifs is 1. The molecule has 0 spiro atoms. The van der Waals surface area contributed by atoms with Crippen LogP contribution in [0.5, 0.6) is 0 Å². The van der Waals surface area contributed by atoms with E-state index in [-0.39, 0.29) is 0 Å². The van der Waals surface area contributed by atoms with E-state index in [2.05, 4.69) is 76.6 Å². The number of nitrogens with zero attached hydrogens (tertiary/aromatic N) is 3. The lowest BCUT2D eigenvalue weighted by atomic mass is 10.1. The van der Waals surface area contributed by atoms with Gasteiger partial charge in [-0.2, -0.15) is 0 Å². The van der Waals surface area contributed by atoms with Crippen LogP contribution in [-0.2, 0) is 0 Å². The van der Waals surface area contributed by atoms with Crippen molar-refractivity contribution in [2.24, 2.45) is 0 Å². The molecule has 0 aliphatic carbocycles. The molecule has 0 saturated carbocycles. The van der Waals surface area contributed by atoms with Gasteiger partial charge in [-0.05, 0) is 42.5 Å². The molecule has 0 atom stereocenters. The van der Waals surface area contributed by atoms with Crippen LogP contribution in [0.1, 0.15) is 0 Å². The third-order valence-electron chi connectivity index (χ3n) is 4.90. The van der Waals surface area contributed by atoms with Gasteiger partial charge in [0, 0.05) is 16.9 Å². The van der Waals surface area contributed by atoms with Crippen molar-refractivity contribution >= 4 is 28.1 Å². The molecule has 3 heteroatoms. The molecule has 138 valence electrons. The van der Waals surface area contributed by atoms with E-state index >= 15 is 0 Å². The molecule has 0 amide bonds. The summed E-state index contributed by atoms with van der Waals surface area (Å²) in [6.07, 6.45) is 1.86. The fraction of sp³-hybridized carbons (Fsp3) is 0. The largest absolute Gasteiger partial charge is 0.310 e. The van der Waals surface area contributed by atoms with Crippen LogP contribution in [0.2, 0.25) is 0 Å². The van der Waals surface area contributed by atoms with Crippen LogP contribution >= 0.6 is 0 Å². The zero-order valence-corrected chi connectivity index (χ0v) is 15.8. The molecule has 0 saturated heterocycles. The lowest BCUT2D eigenvalue weighted by molar-refractivity contribution is 1.25. The van der Waals surface area contributed by atoms with Crippen LogP contribution in [0, 0.1) is 0 Å². The van der Waals surface area contributed by atoms with Crippen LogP contribution in [0.3, 0.4) is 0 Å². The van der Waals surface area contributed by atoms with E-state index in [0.29, 0.717) is 0 Å². The van der Waals surface area contributed by atoms with Gasteiger partial charge < -0.3 is 4.90 Å². The molecule has 0 radical (unpaired) electrons. The predicted molar refractivity (Wildman–Crippen MR) is 120 cm³/mol. The van der Waals surface area contributed by atoms with Crippen molar-refractivity contribution < 1.29 is 0 Å². The molecule has 1 aromatic heterocycles. The maximum atomic E-state index is 4.89. The van der Waals surface area contributed by atoms with E-state index < -0.39 is 0 Å². The quantitative estimate of drug-likeness (QED) is 0.348. The summed E-state index contributed by atoms with van der Waals surface area (Å²) in [4.78, 5) is 11.8. The Morgan fingerprint density at radius 1 is 0.517 bits per heavy atom. The van der Waals surface area contributed by atoms with Gasteiger partial charge in [-0.25, -0.2) is 4.98 Å². The molecule has 29 heavy (non-hydrogen) atoms. The van der Waals surface area contributed by atoms with Gasteiger partial charge in [0.05, 0.1) is 28.6 Å². The summed E-state index contributed by atoms with van der Waals surface area (Å²) in [5.74, 6) is 0. The Morgan fingerprint density at radius 3 is 1.76 bits per heavy atom. The van der Waals surface area contributed by atoms with Crippen molar-refractivity contribution in [3.8, 4) is 11.3 Å². The maximum absolute atomic E-state index is 4.89. The molecule has 5 rings (SSSR count). The van der Waals surface area contributed by atoms with Gasteiger partial charge in [-0.3, -0.25) is 4.98 Å². The summed E-state index contributed by atoms with van der Waals surface area (Å²) in [5.41, 5.74) is 6.95. The Morgan fingerprint density at radius 2 is 1.07 bits per heavy atom. The first-order valence-electron chi connectivity index (χ1n) is 9.61. The topological polar surface area (TPSA) is 29.0 Å². The highest BCUT2D eigenvalue weighted by molar-refractivity contribution is 5.88. The molecule has 0 bridgehead atoms. The fourth-order valence-electron chi connectivity index (χ4n) is 3.55. The summed E-state index contributed by atoms with van der Waals surface area (Å²) in [5, 5.41) is 0. The summed E-state index contributed by atoms with van der Waals surface area (Å²) in [6.45, 7) is 0. The van der Waals surface area contributed by atoms with E-state index in [1.54, 1.807) is 0 Å².